The Hall–Kier alpha value is -2.25. The van der Waals surface area contributed by atoms with Gasteiger partial charge in [0.2, 0.25) is 0 Å². The number of anilines is 1. The molecule has 0 aliphatic carbocycles. The van der Waals surface area contributed by atoms with Crippen LogP contribution in [0, 0.1) is 0 Å². The van der Waals surface area contributed by atoms with Crippen molar-refractivity contribution in [3.05, 3.63) is 30.6 Å². The third-order valence-corrected chi connectivity index (χ3v) is 5.55. The monoisotopic (exact) mass is 355 g/mol. The second-order valence-electron chi connectivity index (χ2n) is 6.06. The Balaban J connectivity index is 1.68. The van der Waals surface area contributed by atoms with E-state index in [0.29, 0.717) is 0 Å². The minimum Gasteiger partial charge on any atom is -0.497 e. The zero-order valence-electron chi connectivity index (χ0n) is 14.5. The lowest BCUT2D eigenvalue weighted by molar-refractivity contribution is 0.271. The molecule has 0 bridgehead atoms. The Morgan fingerprint density at radius 1 is 1.08 bits per heavy atom. The number of likely N-dealkylation sites (N-methyl/N-ethyl adjacent to an activating group) is 1. The molecular formula is C18H21N5OS. The van der Waals surface area contributed by atoms with E-state index in [1.807, 2.05) is 24.3 Å². The highest BCUT2D eigenvalue weighted by Gasteiger charge is 2.21. The highest BCUT2D eigenvalue weighted by atomic mass is 32.1. The molecule has 0 unspecified atom stereocenters. The fourth-order valence-corrected chi connectivity index (χ4v) is 4.06. The Morgan fingerprint density at radius 2 is 1.84 bits per heavy atom. The van der Waals surface area contributed by atoms with Gasteiger partial charge in [0.15, 0.2) is 5.82 Å². The summed E-state index contributed by atoms with van der Waals surface area (Å²) in [4.78, 5) is 13.9. The number of aromatic nitrogens is 3. The number of hydrogen-bond acceptors (Lipinski definition) is 7. The number of methoxy groups -OCH3 is 1. The maximum absolute atomic E-state index is 5.24. The highest BCUT2D eigenvalue weighted by Crippen LogP contribution is 2.34. The van der Waals surface area contributed by atoms with Crippen LogP contribution in [-0.4, -0.2) is 59.1 Å². The van der Waals surface area contributed by atoms with Crippen molar-refractivity contribution in [3.63, 3.8) is 0 Å². The normalized spacial score (nSPS) is 15.7. The van der Waals surface area contributed by atoms with E-state index in [9.17, 15) is 0 Å². The fourth-order valence-electron chi connectivity index (χ4n) is 3.19. The summed E-state index contributed by atoms with van der Waals surface area (Å²) in [6.45, 7) is 7.46. The third kappa shape index (κ3) is 3.05. The summed E-state index contributed by atoms with van der Waals surface area (Å²) >= 11 is 1.48. The fraction of sp³-hybridized carbons (Fsp3) is 0.389. The second kappa shape index (κ2) is 6.93. The summed E-state index contributed by atoms with van der Waals surface area (Å²) in [5, 5.41) is 0. The summed E-state index contributed by atoms with van der Waals surface area (Å²) in [5.74, 6) is 1.85. The molecule has 0 saturated carbocycles. The smallest absolute Gasteiger partial charge is 0.151 e. The molecule has 0 atom stereocenters. The molecular weight excluding hydrogens is 334 g/mol. The Labute approximate surface area is 151 Å². The number of benzene rings is 1. The molecule has 1 aliphatic heterocycles. The zero-order chi connectivity index (χ0) is 17.2. The number of hydrogen-bond donors (Lipinski definition) is 0. The van der Waals surface area contributed by atoms with Gasteiger partial charge in [-0.3, -0.25) is 0 Å². The molecule has 3 heterocycles. The van der Waals surface area contributed by atoms with Crippen LogP contribution in [0.2, 0.25) is 0 Å². The average Bonchev–Trinajstić information content (AvgIpc) is 3.12. The minimum absolute atomic E-state index is 0.840. The van der Waals surface area contributed by atoms with Crippen LogP contribution in [0.1, 0.15) is 6.92 Å². The number of nitrogens with zero attached hydrogens (tertiary/aromatic N) is 5. The topological polar surface area (TPSA) is 54.4 Å². The molecule has 0 spiro atoms. The third-order valence-electron chi connectivity index (χ3n) is 4.72. The quantitative estimate of drug-likeness (QED) is 0.717. The van der Waals surface area contributed by atoms with Gasteiger partial charge in [-0.25, -0.2) is 9.97 Å². The van der Waals surface area contributed by atoms with Gasteiger partial charge in [-0.15, -0.1) is 0 Å². The summed E-state index contributed by atoms with van der Waals surface area (Å²) in [6.07, 6.45) is 1.66. The van der Waals surface area contributed by atoms with Crippen molar-refractivity contribution in [2.75, 3.05) is 44.7 Å². The summed E-state index contributed by atoms with van der Waals surface area (Å²) in [7, 11) is 1.67. The molecule has 1 fully saturated rings. The first kappa shape index (κ1) is 16.2. The predicted octanol–water partition coefficient (Wildman–Crippen LogP) is 2.90. The summed E-state index contributed by atoms with van der Waals surface area (Å²) < 4.78 is 11.0. The van der Waals surface area contributed by atoms with Crippen molar-refractivity contribution < 1.29 is 4.74 Å². The van der Waals surface area contributed by atoms with Crippen molar-refractivity contribution in [2.45, 2.75) is 6.92 Å². The molecule has 0 amide bonds. The molecule has 1 saturated heterocycles. The molecule has 1 aliphatic rings. The Bertz CT molecular complexity index is 856. The van der Waals surface area contributed by atoms with Gasteiger partial charge in [0.1, 0.15) is 28.0 Å². The van der Waals surface area contributed by atoms with Gasteiger partial charge in [-0.1, -0.05) is 6.92 Å². The minimum atomic E-state index is 0.840. The molecule has 25 heavy (non-hydrogen) atoms. The maximum atomic E-state index is 5.24. The molecule has 7 heteroatoms. The Kier molecular flexibility index (Phi) is 4.50. The van der Waals surface area contributed by atoms with E-state index in [1.165, 1.54) is 11.5 Å². The molecule has 2 aromatic heterocycles. The van der Waals surface area contributed by atoms with Crippen LogP contribution in [0.4, 0.5) is 5.82 Å². The van der Waals surface area contributed by atoms with Gasteiger partial charge >= 0.3 is 0 Å². The van der Waals surface area contributed by atoms with Crippen LogP contribution < -0.4 is 9.64 Å². The lowest BCUT2D eigenvalue weighted by atomic mass is 10.1. The van der Waals surface area contributed by atoms with E-state index >= 15 is 0 Å². The zero-order valence-corrected chi connectivity index (χ0v) is 15.3. The molecule has 4 rings (SSSR count). The standard InChI is InChI=1S/C18H21N5OS/c1-3-22-8-10-23(11-9-22)18-17-16(19-12-20-18)15(21-25-17)13-4-6-14(24-2)7-5-13/h4-7,12H,3,8-11H2,1-2H3. The van der Waals surface area contributed by atoms with Gasteiger partial charge < -0.3 is 14.5 Å². The average molecular weight is 355 g/mol. The van der Waals surface area contributed by atoms with Crippen molar-refractivity contribution in [1.82, 2.24) is 19.2 Å². The van der Waals surface area contributed by atoms with E-state index in [2.05, 4.69) is 31.1 Å². The van der Waals surface area contributed by atoms with Gasteiger partial charge in [-0.2, -0.15) is 4.37 Å². The highest BCUT2D eigenvalue weighted by molar-refractivity contribution is 7.14. The second-order valence-corrected chi connectivity index (χ2v) is 6.83. The lowest BCUT2D eigenvalue weighted by Crippen LogP contribution is -2.46. The molecule has 130 valence electrons. The molecule has 0 radical (unpaired) electrons. The lowest BCUT2D eigenvalue weighted by Gasteiger charge is -2.34. The van der Waals surface area contributed by atoms with Crippen LogP contribution in [-0.2, 0) is 0 Å². The van der Waals surface area contributed by atoms with Crippen LogP contribution in [0.3, 0.4) is 0 Å². The van der Waals surface area contributed by atoms with Gasteiger partial charge in [-0.05, 0) is 42.3 Å². The van der Waals surface area contributed by atoms with Crippen molar-refractivity contribution in [3.8, 4) is 17.0 Å². The number of fused-ring (bicyclic) bond motifs is 1. The van der Waals surface area contributed by atoms with Gasteiger partial charge in [0.05, 0.1) is 7.11 Å². The number of ether oxygens (including phenoxy) is 1. The van der Waals surface area contributed by atoms with Crippen LogP contribution in [0.15, 0.2) is 30.6 Å². The first-order valence-electron chi connectivity index (χ1n) is 8.52. The molecule has 6 nitrogen and oxygen atoms in total. The van der Waals surface area contributed by atoms with Gasteiger partial charge in [0, 0.05) is 31.7 Å². The number of piperazine rings is 1. The maximum Gasteiger partial charge on any atom is 0.151 e. The van der Waals surface area contributed by atoms with E-state index in [0.717, 1.165) is 65.8 Å². The summed E-state index contributed by atoms with van der Waals surface area (Å²) in [6, 6.07) is 7.95. The van der Waals surface area contributed by atoms with Crippen molar-refractivity contribution in [1.29, 1.82) is 0 Å². The molecule has 1 aromatic carbocycles. The van der Waals surface area contributed by atoms with Crippen molar-refractivity contribution >= 4 is 27.6 Å². The first-order valence-corrected chi connectivity index (χ1v) is 9.29. The van der Waals surface area contributed by atoms with Crippen LogP contribution in [0.25, 0.3) is 21.5 Å². The van der Waals surface area contributed by atoms with Crippen LogP contribution in [0.5, 0.6) is 5.75 Å². The SMILES string of the molecule is CCN1CCN(c2ncnc3c(-c4ccc(OC)cc4)nsc23)CC1. The van der Waals surface area contributed by atoms with E-state index in [1.54, 1.807) is 13.4 Å². The van der Waals surface area contributed by atoms with Gasteiger partial charge in [0.25, 0.3) is 0 Å². The van der Waals surface area contributed by atoms with Crippen molar-refractivity contribution in [2.24, 2.45) is 0 Å². The molecule has 0 N–H and O–H groups in total. The first-order chi connectivity index (χ1) is 12.3. The summed E-state index contributed by atoms with van der Waals surface area (Å²) in [5.41, 5.74) is 2.89. The van der Waals surface area contributed by atoms with E-state index in [4.69, 9.17) is 4.74 Å². The number of rotatable bonds is 4. The van der Waals surface area contributed by atoms with Crippen LogP contribution >= 0.6 is 11.5 Å². The Morgan fingerprint density at radius 3 is 2.52 bits per heavy atom. The predicted molar refractivity (Wildman–Crippen MR) is 102 cm³/mol. The van der Waals surface area contributed by atoms with E-state index in [-0.39, 0.29) is 0 Å². The largest absolute Gasteiger partial charge is 0.497 e. The molecule has 3 aromatic rings. The van der Waals surface area contributed by atoms with E-state index < -0.39 is 0 Å².